The predicted octanol–water partition coefficient (Wildman–Crippen LogP) is 3.51. The van der Waals surface area contributed by atoms with Crippen LogP contribution in [-0.2, 0) is 27.2 Å². The highest BCUT2D eigenvalue weighted by Crippen LogP contribution is 2.49. The highest BCUT2D eigenvalue weighted by Gasteiger charge is 2.51. The number of thiophene rings is 1. The SMILES string of the molecule is CCOC(=O)c1c(NC(=O)[C@@H]2[C@@H](C(=O)O)[C@H]3C=C[C@@H]2C3)sc2c1CC[C@@H](C)C2. The summed E-state index contributed by atoms with van der Waals surface area (Å²) >= 11 is 1.44. The number of rotatable bonds is 5. The van der Waals surface area contributed by atoms with E-state index in [2.05, 4.69) is 12.2 Å². The van der Waals surface area contributed by atoms with Crippen LogP contribution in [0.15, 0.2) is 12.2 Å². The van der Waals surface area contributed by atoms with E-state index >= 15 is 0 Å². The first-order valence-electron chi connectivity index (χ1n) is 9.94. The molecule has 1 aromatic heterocycles. The lowest BCUT2D eigenvalue weighted by Crippen LogP contribution is -2.36. The summed E-state index contributed by atoms with van der Waals surface area (Å²) in [4.78, 5) is 38.5. The summed E-state index contributed by atoms with van der Waals surface area (Å²) in [6, 6.07) is 0. The van der Waals surface area contributed by atoms with Crippen molar-refractivity contribution in [2.75, 3.05) is 11.9 Å². The Morgan fingerprint density at radius 1 is 1.25 bits per heavy atom. The van der Waals surface area contributed by atoms with Crippen molar-refractivity contribution >= 4 is 34.2 Å². The standard InChI is InChI=1S/C21H25NO5S/c1-3-27-21(26)17-13-7-4-10(2)8-14(13)28-19(17)22-18(23)15-11-5-6-12(9-11)16(15)20(24)25/h5-6,10-12,15-16H,3-4,7-9H2,1-2H3,(H,22,23)(H,24,25)/t10-,11-,12+,15+,16+/m1/s1. The maximum atomic E-state index is 13.1. The van der Waals surface area contributed by atoms with E-state index < -0.39 is 23.8 Å². The van der Waals surface area contributed by atoms with E-state index in [1.807, 2.05) is 12.2 Å². The summed E-state index contributed by atoms with van der Waals surface area (Å²) in [5, 5.41) is 13.0. The van der Waals surface area contributed by atoms with Crippen LogP contribution in [0, 0.1) is 29.6 Å². The summed E-state index contributed by atoms with van der Waals surface area (Å²) in [5.74, 6) is -2.53. The minimum atomic E-state index is -0.929. The molecule has 150 valence electrons. The topological polar surface area (TPSA) is 92.7 Å². The number of hydrogen-bond donors (Lipinski definition) is 2. The van der Waals surface area contributed by atoms with Gasteiger partial charge in [-0.25, -0.2) is 4.79 Å². The van der Waals surface area contributed by atoms with Crippen molar-refractivity contribution in [3.8, 4) is 0 Å². The van der Waals surface area contributed by atoms with Crippen molar-refractivity contribution in [2.24, 2.45) is 29.6 Å². The van der Waals surface area contributed by atoms with Crippen LogP contribution in [0.1, 0.15) is 47.5 Å². The number of carboxylic acids is 1. The summed E-state index contributed by atoms with van der Waals surface area (Å²) < 4.78 is 5.25. The Balaban J connectivity index is 1.64. The maximum absolute atomic E-state index is 13.1. The van der Waals surface area contributed by atoms with Crippen LogP contribution >= 0.6 is 11.3 Å². The monoisotopic (exact) mass is 403 g/mol. The van der Waals surface area contributed by atoms with Gasteiger partial charge < -0.3 is 15.2 Å². The lowest BCUT2D eigenvalue weighted by molar-refractivity contribution is -0.146. The average molecular weight is 404 g/mol. The van der Waals surface area contributed by atoms with Crippen LogP contribution in [0.4, 0.5) is 5.00 Å². The van der Waals surface area contributed by atoms with E-state index in [-0.39, 0.29) is 24.3 Å². The molecule has 1 saturated carbocycles. The predicted molar refractivity (Wildman–Crippen MR) is 105 cm³/mol. The van der Waals surface area contributed by atoms with Gasteiger partial charge in [-0.15, -0.1) is 11.3 Å². The third-order valence-electron chi connectivity index (χ3n) is 6.28. The molecule has 0 spiro atoms. The Bertz CT molecular complexity index is 857. The van der Waals surface area contributed by atoms with Gasteiger partial charge in [-0.3, -0.25) is 9.59 Å². The van der Waals surface area contributed by atoms with Gasteiger partial charge in [0.15, 0.2) is 0 Å². The van der Waals surface area contributed by atoms with Crippen LogP contribution in [0.2, 0.25) is 0 Å². The van der Waals surface area contributed by atoms with Gasteiger partial charge in [0.1, 0.15) is 5.00 Å². The molecular weight excluding hydrogens is 378 g/mol. The van der Waals surface area contributed by atoms with Gasteiger partial charge in [-0.05, 0) is 55.9 Å². The molecular formula is C21H25NO5S. The fourth-order valence-corrected chi connectivity index (χ4v) is 6.37. The number of nitrogens with one attached hydrogen (secondary N) is 1. The minimum Gasteiger partial charge on any atom is -0.481 e. The molecule has 0 aromatic carbocycles. The highest BCUT2D eigenvalue weighted by molar-refractivity contribution is 7.17. The molecule has 0 radical (unpaired) electrons. The molecule has 7 heteroatoms. The van der Waals surface area contributed by atoms with E-state index in [0.29, 0.717) is 22.9 Å². The van der Waals surface area contributed by atoms with Crippen molar-refractivity contribution in [1.82, 2.24) is 0 Å². The molecule has 1 heterocycles. The van der Waals surface area contributed by atoms with Crippen LogP contribution in [-0.4, -0.2) is 29.6 Å². The van der Waals surface area contributed by atoms with E-state index in [0.717, 1.165) is 29.7 Å². The van der Waals surface area contributed by atoms with Crippen LogP contribution in [0.3, 0.4) is 0 Å². The lowest BCUT2D eigenvalue weighted by Gasteiger charge is -2.23. The quantitative estimate of drug-likeness (QED) is 0.580. The van der Waals surface area contributed by atoms with Crippen LogP contribution in [0.25, 0.3) is 0 Å². The molecule has 0 saturated heterocycles. The molecule has 1 aromatic rings. The van der Waals surface area contributed by atoms with Gasteiger partial charge >= 0.3 is 11.9 Å². The lowest BCUT2D eigenvalue weighted by atomic mass is 9.82. The van der Waals surface area contributed by atoms with E-state index in [1.54, 1.807) is 6.92 Å². The Labute approximate surface area is 168 Å². The van der Waals surface area contributed by atoms with Crippen molar-refractivity contribution in [3.63, 3.8) is 0 Å². The normalized spacial score (nSPS) is 30.1. The molecule has 2 bridgehead atoms. The van der Waals surface area contributed by atoms with Crippen LogP contribution in [0.5, 0.6) is 0 Å². The minimum absolute atomic E-state index is 0.0493. The summed E-state index contributed by atoms with van der Waals surface area (Å²) in [6.07, 6.45) is 7.27. The Morgan fingerprint density at radius 3 is 2.64 bits per heavy atom. The number of esters is 1. The number of carbonyl (C=O) groups excluding carboxylic acids is 2. The number of hydrogen-bond acceptors (Lipinski definition) is 5. The average Bonchev–Trinajstić information content (AvgIpc) is 3.33. The molecule has 6 nitrogen and oxygen atoms in total. The van der Waals surface area contributed by atoms with E-state index in [1.165, 1.54) is 11.3 Å². The molecule has 0 aliphatic heterocycles. The Kier molecular flexibility index (Phi) is 5.04. The molecule has 3 aliphatic carbocycles. The first-order valence-corrected chi connectivity index (χ1v) is 10.8. The van der Waals surface area contributed by atoms with Gasteiger partial charge in [0.25, 0.3) is 0 Å². The van der Waals surface area contributed by atoms with E-state index in [9.17, 15) is 19.5 Å². The summed E-state index contributed by atoms with van der Waals surface area (Å²) in [7, 11) is 0. The molecule has 1 amide bonds. The highest BCUT2D eigenvalue weighted by atomic mass is 32.1. The van der Waals surface area contributed by atoms with Gasteiger partial charge in [0, 0.05) is 4.88 Å². The molecule has 4 rings (SSSR count). The van der Waals surface area contributed by atoms with Crippen LogP contribution < -0.4 is 5.32 Å². The second-order valence-electron chi connectivity index (χ2n) is 8.10. The number of allylic oxidation sites excluding steroid dienone is 2. The first kappa shape index (κ1) is 19.2. The number of ether oxygens (including phenoxy) is 1. The van der Waals surface area contributed by atoms with Crippen molar-refractivity contribution < 1.29 is 24.2 Å². The molecule has 0 unspecified atom stereocenters. The second kappa shape index (κ2) is 7.35. The number of carbonyl (C=O) groups is 3. The Hall–Kier alpha value is -2.15. The molecule has 2 N–H and O–H groups in total. The summed E-state index contributed by atoms with van der Waals surface area (Å²) in [6.45, 7) is 4.21. The summed E-state index contributed by atoms with van der Waals surface area (Å²) in [5.41, 5.74) is 1.45. The van der Waals surface area contributed by atoms with Gasteiger partial charge in [-0.2, -0.15) is 0 Å². The number of carboxylic acid groups (broad SMARTS) is 1. The molecule has 1 fully saturated rings. The van der Waals surface area contributed by atoms with Crippen molar-refractivity contribution in [3.05, 3.63) is 28.2 Å². The number of anilines is 1. The molecule has 28 heavy (non-hydrogen) atoms. The first-order chi connectivity index (χ1) is 13.4. The third kappa shape index (κ3) is 3.15. The van der Waals surface area contributed by atoms with Gasteiger partial charge in [0.05, 0.1) is 24.0 Å². The number of fused-ring (bicyclic) bond motifs is 3. The zero-order valence-electron chi connectivity index (χ0n) is 16.1. The van der Waals surface area contributed by atoms with Gasteiger partial charge in [-0.1, -0.05) is 19.1 Å². The van der Waals surface area contributed by atoms with Crippen molar-refractivity contribution in [1.29, 1.82) is 0 Å². The third-order valence-corrected chi connectivity index (χ3v) is 7.44. The fourth-order valence-electron chi connectivity index (χ4n) is 4.97. The molecule has 3 aliphatic rings. The second-order valence-corrected chi connectivity index (χ2v) is 9.21. The maximum Gasteiger partial charge on any atom is 0.341 e. The van der Waals surface area contributed by atoms with Gasteiger partial charge in [0.2, 0.25) is 5.91 Å². The van der Waals surface area contributed by atoms with E-state index in [4.69, 9.17) is 4.74 Å². The van der Waals surface area contributed by atoms with Crippen molar-refractivity contribution in [2.45, 2.75) is 39.5 Å². The zero-order valence-corrected chi connectivity index (χ0v) is 16.9. The largest absolute Gasteiger partial charge is 0.481 e. The number of aliphatic carboxylic acids is 1. The molecule has 5 atom stereocenters. The number of amides is 1. The zero-order chi connectivity index (χ0) is 20.0. The Morgan fingerprint density at radius 2 is 1.96 bits per heavy atom. The fraction of sp³-hybridized carbons (Fsp3) is 0.571. The smallest absolute Gasteiger partial charge is 0.341 e.